The van der Waals surface area contributed by atoms with E-state index in [-0.39, 0.29) is 5.91 Å². The summed E-state index contributed by atoms with van der Waals surface area (Å²) < 4.78 is 0. The van der Waals surface area contributed by atoms with Crippen LogP contribution in [-0.4, -0.2) is 10.8 Å². The number of rotatable bonds is 5. The van der Waals surface area contributed by atoms with Gasteiger partial charge in [0.15, 0.2) is 0 Å². The first kappa shape index (κ1) is 15.3. The molecule has 2 heteroatoms. The van der Waals surface area contributed by atoms with Gasteiger partial charge in [-0.3, -0.25) is 4.79 Å². The first-order valence-corrected chi connectivity index (χ1v) is 7.47. The molecule has 0 atom stereocenters. The number of nitrogens with zero attached hydrogens (tertiary/aromatic N) is 1. The zero-order chi connectivity index (χ0) is 15.2. The van der Waals surface area contributed by atoms with Crippen LogP contribution < -0.4 is 0 Å². The van der Waals surface area contributed by atoms with Gasteiger partial charge < -0.3 is 4.90 Å². The van der Waals surface area contributed by atoms with Crippen LogP contribution >= 0.6 is 0 Å². The van der Waals surface area contributed by atoms with Crippen molar-refractivity contribution in [3.8, 4) is 0 Å². The normalized spacial score (nSPS) is 10.4. The lowest BCUT2D eigenvalue weighted by Gasteiger charge is -2.23. The van der Waals surface area contributed by atoms with Gasteiger partial charge in [0, 0.05) is 19.5 Å². The second kappa shape index (κ2) is 7.07. The Morgan fingerprint density at radius 2 is 1.19 bits per heavy atom. The summed E-state index contributed by atoms with van der Waals surface area (Å²) in [5, 5.41) is 0. The summed E-state index contributed by atoms with van der Waals surface area (Å²) in [7, 11) is 0. The van der Waals surface area contributed by atoms with Crippen LogP contribution in [0.15, 0.2) is 48.5 Å². The Kier molecular flexibility index (Phi) is 5.15. The largest absolute Gasteiger partial charge is 0.334 e. The number of benzene rings is 2. The van der Waals surface area contributed by atoms with Gasteiger partial charge in [-0.25, -0.2) is 0 Å². The summed E-state index contributed by atoms with van der Waals surface area (Å²) in [6.07, 6.45) is 0.539. The minimum absolute atomic E-state index is 0.191. The minimum atomic E-state index is 0.191. The molecule has 0 unspecified atom stereocenters. The molecule has 110 valence electrons. The highest BCUT2D eigenvalue weighted by atomic mass is 16.2. The lowest BCUT2D eigenvalue weighted by Crippen LogP contribution is -2.29. The van der Waals surface area contributed by atoms with E-state index in [1.165, 1.54) is 22.3 Å². The molecule has 0 fully saturated rings. The molecule has 0 saturated heterocycles. The summed E-state index contributed by atoms with van der Waals surface area (Å²) in [5.41, 5.74) is 4.83. The third kappa shape index (κ3) is 4.45. The van der Waals surface area contributed by atoms with Crippen molar-refractivity contribution in [1.82, 2.24) is 4.90 Å². The smallest absolute Gasteiger partial charge is 0.222 e. The quantitative estimate of drug-likeness (QED) is 0.802. The number of carbonyl (C=O) groups is 1. The van der Waals surface area contributed by atoms with Gasteiger partial charge in [-0.05, 0) is 25.0 Å². The van der Waals surface area contributed by atoms with Gasteiger partial charge in [-0.2, -0.15) is 0 Å². The maximum Gasteiger partial charge on any atom is 0.222 e. The Hall–Kier alpha value is -2.09. The van der Waals surface area contributed by atoms with Gasteiger partial charge in [-0.15, -0.1) is 0 Å². The van der Waals surface area contributed by atoms with Gasteiger partial charge in [0.05, 0.1) is 0 Å². The second-order valence-electron chi connectivity index (χ2n) is 5.57. The Balaban J connectivity index is 2.12. The minimum Gasteiger partial charge on any atom is -0.334 e. The van der Waals surface area contributed by atoms with Crippen LogP contribution in [0.3, 0.4) is 0 Å². The maximum atomic E-state index is 12.2. The first-order valence-electron chi connectivity index (χ1n) is 7.47. The lowest BCUT2D eigenvalue weighted by atomic mass is 10.1. The van der Waals surface area contributed by atoms with Gasteiger partial charge in [0.1, 0.15) is 0 Å². The molecule has 0 bridgehead atoms. The highest BCUT2D eigenvalue weighted by Crippen LogP contribution is 2.13. The summed E-state index contributed by atoms with van der Waals surface area (Å²) in [4.78, 5) is 14.1. The molecular formula is C19H23NO. The van der Waals surface area contributed by atoms with Crippen molar-refractivity contribution in [3.05, 3.63) is 70.8 Å². The van der Waals surface area contributed by atoms with Crippen LogP contribution in [0.1, 0.15) is 35.6 Å². The van der Waals surface area contributed by atoms with E-state index in [2.05, 4.69) is 62.4 Å². The topological polar surface area (TPSA) is 20.3 Å². The second-order valence-corrected chi connectivity index (χ2v) is 5.57. The van der Waals surface area contributed by atoms with Crippen molar-refractivity contribution in [2.24, 2.45) is 0 Å². The van der Waals surface area contributed by atoms with Crippen molar-refractivity contribution in [2.75, 3.05) is 0 Å². The third-order valence-electron chi connectivity index (χ3n) is 3.64. The van der Waals surface area contributed by atoms with Gasteiger partial charge in [0.2, 0.25) is 5.91 Å². The fourth-order valence-corrected chi connectivity index (χ4v) is 2.28. The predicted molar refractivity (Wildman–Crippen MR) is 86.9 cm³/mol. The molecular weight excluding hydrogens is 258 g/mol. The van der Waals surface area contributed by atoms with Crippen molar-refractivity contribution in [2.45, 2.75) is 40.3 Å². The predicted octanol–water partition coefficient (Wildman–Crippen LogP) is 4.24. The summed E-state index contributed by atoms with van der Waals surface area (Å²) in [5.74, 6) is 0.191. The summed E-state index contributed by atoms with van der Waals surface area (Å²) in [6.45, 7) is 7.40. The molecule has 0 heterocycles. The van der Waals surface area contributed by atoms with Crippen molar-refractivity contribution >= 4 is 5.91 Å². The number of carbonyl (C=O) groups excluding carboxylic acids is 1. The summed E-state index contributed by atoms with van der Waals surface area (Å²) in [6, 6.07) is 16.8. The number of amides is 1. The number of aryl methyl sites for hydroxylation is 2. The molecule has 0 spiro atoms. The fourth-order valence-electron chi connectivity index (χ4n) is 2.28. The molecule has 0 saturated carbocycles. The van der Waals surface area contributed by atoms with E-state index in [4.69, 9.17) is 0 Å². The Morgan fingerprint density at radius 3 is 1.52 bits per heavy atom. The van der Waals surface area contributed by atoms with Gasteiger partial charge in [0.25, 0.3) is 0 Å². The molecule has 2 nitrogen and oxygen atoms in total. The Bertz CT molecular complexity index is 536. The van der Waals surface area contributed by atoms with E-state index in [0.29, 0.717) is 19.5 Å². The molecule has 2 aromatic carbocycles. The van der Waals surface area contributed by atoms with Crippen LogP contribution in [0.25, 0.3) is 0 Å². The molecule has 0 aliphatic heterocycles. The van der Waals surface area contributed by atoms with Crippen molar-refractivity contribution in [1.29, 1.82) is 0 Å². The van der Waals surface area contributed by atoms with Crippen LogP contribution in [0.2, 0.25) is 0 Å². The maximum absolute atomic E-state index is 12.2. The van der Waals surface area contributed by atoms with Crippen LogP contribution in [0.5, 0.6) is 0 Å². The average molecular weight is 281 g/mol. The van der Waals surface area contributed by atoms with E-state index in [1.807, 2.05) is 11.8 Å². The van der Waals surface area contributed by atoms with E-state index < -0.39 is 0 Å². The SMILES string of the molecule is CCC(=O)N(Cc1ccc(C)cc1)Cc1ccc(C)cc1. The fraction of sp³-hybridized carbons (Fsp3) is 0.316. The van der Waals surface area contributed by atoms with E-state index >= 15 is 0 Å². The Morgan fingerprint density at radius 1 is 0.810 bits per heavy atom. The monoisotopic (exact) mass is 281 g/mol. The number of hydrogen-bond acceptors (Lipinski definition) is 1. The first-order chi connectivity index (χ1) is 10.1. The zero-order valence-corrected chi connectivity index (χ0v) is 13.1. The molecule has 0 N–H and O–H groups in total. The molecule has 0 radical (unpaired) electrons. The molecule has 21 heavy (non-hydrogen) atoms. The van der Waals surface area contributed by atoms with Gasteiger partial charge >= 0.3 is 0 Å². The van der Waals surface area contributed by atoms with Crippen molar-refractivity contribution < 1.29 is 4.79 Å². The molecule has 0 aromatic heterocycles. The molecule has 0 aliphatic carbocycles. The number of hydrogen-bond donors (Lipinski definition) is 0. The lowest BCUT2D eigenvalue weighted by molar-refractivity contribution is -0.132. The van der Waals surface area contributed by atoms with E-state index in [9.17, 15) is 4.79 Å². The highest BCUT2D eigenvalue weighted by molar-refractivity contribution is 5.75. The van der Waals surface area contributed by atoms with Crippen LogP contribution in [-0.2, 0) is 17.9 Å². The molecule has 2 rings (SSSR count). The highest BCUT2D eigenvalue weighted by Gasteiger charge is 2.12. The summed E-state index contributed by atoms with van der Waals surface area (Å²) >= 11 is 0. The Labute approximate surface area is 127 Å². The molecule has 0 aliphatic rings. The standard InChI is InChI=1S/C19H23NO/c1-4-19(21)20(13-17-9-5-15(2)6-10-17)14-18-11-7-16(3)8-12-18/h5-12H,4,13-14H2,1-3H3. The van der Waals surface area contributed by atoms with Crippen molar-refractivity contribution in [3.63, 3.8) is 0 Å². The van der Waals surface area contributed by atoms with E-state index in [0.717, 1.165) is 0 Å². The average Bonchev–Trinajstić information content (AvgIpc) is 2.50. The molecule has 2 aromatic rings. The zero-order valence-electron chi connectivity index (χ0n) is 13.1. The van der Waals surface area contributed by atoms with E-state index in [1.54, 1.807) is 0 Å². The van der Waals surface area contributed by atoms with Gasteiger partial charge in [-0.1, -0.05) is 66.6 Å². The third-order valence-corrected chi connectivity index (χ3v) is 3.64. The van der Waals surface area contributed by atoms with Crippen LogP contribution in [0, 0.1) is 13.8 Å². The van der Waals surface area contributed by atoms with Crippen LogP contribution in [0.4, 0.5) is 0 Å². The molecule has 1 amide bonds.